The van der Waals surface area contributed by atoms with Crippen LogP contribution in [0.25, 0.3) is 115 Å². The van der Waals surface area contributed by atoms with Crippen LogP contribution in [-0.4, -0.2) is 19.5 Å². The summed E-state index contributed by atoms with van der Waals surface area (Å²) >= 11 is 1.76. The first-order chi connectivity index (χ1) is 28.2. The summed E-state index contributed by atoms with van der Waals surface area (Å²) < 4.78 is 11.3. The average molecular weight is 747 g/mol. The molecule has 0 saturated heterocycles. The molecule has 0 bridgehead atoms. The number of nitrogens with zero attached hydrogens (tertiary/aromatic N) is 4. The van der Waals surface area contributed by atoms with E-state index in [4.69, 9.17) is 19.4 Å². The predicted octanol–water partition coefficient (Wildman–Crippen LogP) is 13.9. The van der Waals surface area contributed by atoms with E-state index in [-0.39, 0.29) is 0 Å². The number of hydrogen-bond donors (Lipinski definition) is 0. The van der Waals surface area contributed by atoms with Crippen LogP contribution in [0.2, 0.25) is 0 Å². The van der Waals surface area contributed by atoms with Gasteiger partial charge in [-0.3, -0.25) is 0 Å². The quantitative estimate of drug-likeness (QED) is 0.176. The Labute approximate surface area is 330 Å². The molecule has 12 aromatic rings. The molecule has 0 fully saturated rings. The molecule has 6 heteroatoms. The average Bonchev–Trinajstić information content (AvgIpc) is 3.96. The standard InChI is InChI=1S/C51H30N4OS/c1-4-14-31(15-5-1)49-52-50(32-16-6-2-7-17-32)54-51(53-49)41-30-34(29-40-46-45(57-48(40)41)27-25-38-37-21-11-13-23-44(37)56-47(38)46)33-24-26-43-39(28-33)36-20-10-12-22-42(36)55(43)35-18-8-3-9-19-35/h1-30H. The van der Waals surface area contributed by atoms with E-state index in [1.807, 2.05) is 42.5 Å². The van der Waals surface area contributed by atoms with Gasteiger partial charge in [0.15, 0.2) is 17.5 Å². The van der Waals surface area contributed by atoms with Crippen LogP contribution in [-0.2, 0) is 0 Å². The first-order valence-electron chi connectivity index (χ1n) is 19.0. The lowest BCUT2D eigenvalue weighted by Gasteiger charge is -2.12. The van der Waals surface area contributed by atoms with Gasteiger partial charge in [0.05, 0.1) is 11.0 Å². The van der Waals surface area contributed by atoms with E-state index in [2.05, 4.69) is 144 Å². The molecule has 0 radical (unpaired) electrons. The molecule has 8 aromatic carbocycles. The Bertz CT molecular complexity index is 3460. The molecule has 4 aromatic heterocycles. The highest BCUT2D eigenvalue weighted by atomic mass is 32.1. The van der Waals surface area contributed by atoms with Crippen molar-refractivity contribution in [3.63, 3.8) is 0 Å². The van der Waals surface area contributed by atoms with Crippen molar-refractivity contribution in [3.05, 3.63) is 182 Å². The van der Waals surface area contributed by atoms with Crippen LogP contribution >= 0.6 is 11.3 Å². The van der Waals surface area contributed by atoms with Crippen LogP contribution in [0.4, 0.5) is 0 Å². The number of hydrogen-bond acceptors (Lipinski definition) is 5. The zero-order valence-corrected chi connectivity index (χ0v) is 31.2. The van der Waals surface area contributed by atoms with Gasteiger partial charge in [-0.15, -0.1) is 11.3 Å². The van der Waals surface area contributed by atoms with Gasteiger partial charge in [-0.1, -0.05) is 121 Å². The van der Waals surface area contributed by atoms with E-state index >= 15 is 0 Å². The maximum atomic E-state index is 6.69. The smallest absolute Gasteiger partial charge is 0.165 e. The lowest BCUT2D eigenvalue weighted by Crippen LogP contribution is -2.00. The van der Waals surface area contributed by atoms with E-state index in [9.17, 15) is 0 Å². The third-order valence-corrected chi connectivity index (χ3v) is 12.2. The van der Waals surface area contributed by atoms with Crippen molar-refractivity contribution in [2.45, 2.75) is 0 Å². The highest BCUT2D eigenvalue weighted by Crippen LogP contribution is 2.47. The van der Waals surface area contributed by atoms with Gasteiger partial charge in [0.2, 0.25) is 0 Å². The summed E-state index contributed by atoms with van der Waals surface area (Å²) in [7, 11) is 0. The lowest BCUT2D eigenvalue weighted by atomic mass is 9.97. The second-order valence-electron chi connectivity index (χ2n) is 14.4. The molecule has 0 amide bonds. The SMILES string of the molecule is c1ccc(-c2nc(-c3ccccc3)nc(-c3cc(-c4ccc5c(c4)c4ccccc4n5-c4ccccc4)cc4c3sc3ccc5c6ccccc6oc5c34)n2)cc1. The molecular formula is C51H30N4OS. The molecule has 266 valence electrons. The summed E-state index contributed by atoms with van der Waals surface area (Å²) in [6, 6.07) is 63.8. The number of para-hydroxylation sites is 3. The third-order valence-electron chi connectivity index (χ3n) is 11.0. The minimum atomic E-state index is 0.628. The molecule has 0 aliphatic rings. The van der Waals surface area contributed by atoms with Gasteiger partial charge in [-0.05, 0) is 71.8 Å². The molecule has 4 heterocycles. The van der Waals surface area contributed by atoms with E-state index in [1.165, 1.54) is 16.3 Å². The molecule has 57 heavy (non-hydrogen) atoms. The Morgan fingerprint density at radius 1 is 0.421 bits per heavy atom. The molecule has 0 spiro atoms. The van der Waals surface area contributed by atoms with E-state index in [0.717, 1.165) is 81.1 Å². The summed E-state index contributed by atoms with van der Waals surface area (Å²) in [5.74, 6) is 1.89. The van der Waals surface area contributed by atoms with Gasteiger partial charge in [0.25, 0.3) is 0 Å². The van der Waals surface area contributed by atoms with Gasteiger partial charge in [-0.25, -0.2) is 15.0 Å². The van der Waals surface area contributed by atoms with Crippen molar-refractivity contribution in [1.29, 1.82) is 0 Å². The molecule has 0 aliphatic heterocycles. The van der Waals surface area contributed by atoms with Crippen molar-refractivity contribution in [1.82, 2.24) is 19.5 Å². The fraction of sp³-hybridized carbons (Fsp3) is 0. The Balaban J connectivity index is 1.17. The molecular weight excluding hydrogens is 717 g/mol. The molecule has 0 N–H and O–H groups in total. The number of aromatic nitrogens is 4. The summed E-state index contributed by atoms with van der Waals surface area (Å²) in [5.41, 5.74) is 10.3. The van der Waals surface area contributed by atoms with E-state index < -0.39 is 0 Å². The number of thiophene rings is 1. The van der Waals surface area contributed by atoms with E-state index in [0.29, 0.717) is 17.5 Å². The monoisotopic (exact) mass is 746 g/mol. The van der Waals surface area contributed by atoms with Crippen molar-refractivity contribution < 1.29 is 4.42 Å². The first kappa shape index (κ1) is 31.9. The van der Waals surface area contributed by atoms with Gasteiger partial charge in [-0.2, -0.15) is 0 Å². The van der Waals surface area contributed by atoms with Crippen LogP contribution < -0.4 is 0 Å². The van der Waals surface area contributed by atoms with Crippen LogP contribution in [0.3, 0.4) is 0 Å². The van der Waals surface area contributed by atoms with Gasteiger partial charge in [0.1, 0.15) is 11.2 Å². The van der Waals surface area contributed by atoms with Crippen LogP contribution in [0, 0.1) is 0 Å². The number of benzene rings is 8. The minimum absolute atomic E-state index is 0.628. The Kier molecular flexibility index (Phi) is 7.03. The molecule has 0 saturated carbocycles. The molecule has 5 nitrogen and oxygen atoms in total. The van der Waals surface area contributed by atoms with Gasteiger partial charge >= 0.3 is 0 Å². The summed E-state index contributed by atoms with van der Waals surface area (Å²) in [6.45, 7) is 0. The maximum absolute atomic E-state index is 6.69. The Hall–Kier alpha value is -7.41. The molecule has 0 aliphatic carbocycles. The van der Waals surface area contributed by atoms with Crippen molar-refractivity contribution in [3.8, 4) is 51.0 Å². The highest BCUT2D eigenvalue weighted by Gasteiger charge is 2.22. The topological polar surface area (TPSA) is 56.7 Å². The van der Waals surface area contributed by atoms with Gasteiger partial charge in [0, 0.05) is 64.1 Å². The molecule has 12 rings (SSSR count). The Morgan fingerprint density at radius 2 is 1.04 bits per heavy atom. The molecule has 0 unspecified atom stereocenters. The first-order valence-corrected chi connectivity index (χ1v) is 19.8. The second-order valence-corrected chi connectivity index (χ2v) is 15.4. The van der Waals surface area contributed by atoms with Crippen molar-refractivity contribution >= 4 is 75.3 Å². The fourth-order valence-electron chi connectivity index (χ4n) is 8.41. The van der Waals surface area contributed by atoms with Gasteiger partial charge < -0.3 is 8.98 Å². The second kappa shape index (κ2) is 12.6. The Morgan fingerprint density at radius 3 is 1.79 bits per heavy atom. The number of furan rings is 1. The van der Waals surface area contributed by atoms with Crippen molar-refractivity contribution in [2.75, 3.05) is 0 Å². The largest absolute Gasteiger partial charge is 0.455 e. The number of rotatable bonds is 5. The minimum Gasteiger partial charge on any atom is -0.455 e. The predicted molar refractivity (Wildman–Crippen MR) is 236 cm³/mol. The number of fused-ring (bicyclic) bond motifs is 10. The summed E-state index contributed by atoms with van der Waals surface area (Å²) in [4.78, 5) is 15.5. The molecule has 0 atom stereocenters. The third kappa shape index (κ3) is 5.04. The zero-order valence-electron chi connectivity index (χ0n) is 30.4. The summed E-state index contributed by atoms with van der Waals surface area (Å²) in [5, 5.41) is 6.85. The fourth-order valence-corrected chi connectivity index (χ4v) is 9.61. The zero-order chi connectivity index (χ0) is 37.5. The van der Waals surface area contributed by atoms with E-state index in [1.54, 1.807) is 11.3 Å². The highest BCUT2D eigenvalue weighted by molar-refractivity contribution is 7.26. The summed E-state index contributed by atoms with van der Waals surface area (Å²) in [6.07, 6.45) is 0. The van der Waals surface area contributed by atoms with Crippen molar-refractivity contribution in [2.24, 2.45) is 0 Å². The maximum Gasteiger partial charge on any atom is 0.165 e. The van der Waals surface area contributed by atoms with Crippen LogP contribution in [0.15, 0.2) is 186 Å². The normalized spacial score (nSPS) is 11.9. The van der Waals surface area contributed by atoms with Crippen LogP contribution in [0.1, 0.15) is 0 Å². The lowest BCUT2D eigenvalue weighted by molar-refractivity contribution is 0.673. The van der Waals surface area contributed by atoms with Crippen LogP contribution in [0.5, 0.6) is 0 Å².